The molecule has 1 unspecified atom stereocenters. The first kappa shape index (κ1) is 10.7. The van der Waals surface area contributed by atoms with Gasteiger partial charge in [-0.15, -0.1) is 0 Å². The summed E-state index contributed by atoms with van der Waals surface area (Å²) >= 11 is 5.95. The van der Waals surface area contributed by atoms with Crippen LogP contribution in [-0.4, -0.2) is 0 Å². The Bertz CT molecular complexity index is 371. The van der Waals surface area contributed by atoms with E-state index in [0.717, 1.165) is 17.0 Å². The predicted molar refractivity (Wildman–Crippen MR) is 64.9 cm³/mol. The minimum absolute atomic E-state index is 0.0315. The fraction of sp³-hybridized carbons (Fsp3) is 0.385. The standard InChI is InChI=1S/C13H16ClN/c14-12-8-4-7-11(9-12)13(15)10-5-2-1-3-6-10/h4-5,7-9,13H,1-3,6,15H2. The molecule has 0 radical (unpaired) electrons. The summed E-state index contributed by atoms with van der Waals surface area (Å²) in [5, 5.41) is 0.763. The van der Waals surface area contributed by atoms with Gasteiger partial charge in [-0.25, -0.2) is 0 Å². The third kappa shape index (κ3) is 2.61. The molecule has 0 bridgehead atoms. The van der Waals surface area contributed by atoms with Crippen LogP contribution in [0.15, 0.2) is 35.9 Å². The molecule has 0 spiro atoms. The fourth-order valence-electron chi connectivity index (χ4n) is 2.06. The van der Waals surface area contributed by atoms with E-state index in [1.165, 1.54) is 24.8 Å². The molecule has 1 aromatic rings. The van der Waals surface area contributed by atoms with Crippen LogP contribution in [0, 0.1) is 0 Å². The fourth-order valence-corrected chi connectivity index (χ4v) is 2.26. The summed E-state index contributed by atoms with van der Waals surface area (Å²) in [5.41, 5.74) is 8.70. The molecule has 0 heterocycles. The van der Waals surface area contributed by atoms with Gasteiger partial charge in [0, 0.05) is 5.02 Å². The Morgan fingerprint density at radius 1 is 1.27 bits per heavy atom. The third-order valence-electron chi connectivity index (χ3n) is 2.93. The molecule has 2 rings (SSSR count). The molecule has 0 aromatic heterocycles. The van der Waals surface area contributed by atoms with E-state index >= 15 is 0 Å². The van der Waals surface area contributed by atoms with E-state index in [9.17, 15) is 0 Å². The van der Waals surface area contributed by atoms with Gasteiger partial charge in [-0.2, -0.15) is 0 Å². The van der Waals surface area contributed by atoms with Crippen molar-refractivity contribution >= 4 is 11.6 Å². The van der Waals surface area contributed by atoms with Crippen LogP contribution in [0.25, 0.3) is 0 Å². The van der Waals surface area contributed by atoms with E-state index in [4.69, 9.17) is 17.3 Å². The van der Waals surface area contributed by atoms with Crippen LogP contribution in [0.3, 0.4) is 0 Å². The van der Waals surface area contributed by atoms with E-state index < -0.39 is 0 Å². The quantitative estimate of drug-likeness (QED) is 0.755. The highest BCUT2D eigenvalue weighted by Gasteiger charge is 2.13. The number of benzene rings is 1. The molecule has 1 aromatic carbocycles. The maximum atomic E-state index is 6.21. The second-order valence-corrected chi connectivity index (χ2v) is 4.49. The highest BCUT2D eigenvalue weighted by atomic mass is 35.5. The molecule has 80 valence electrons. The summed E-state index contributed by atoms with van der Waals surface area (Å²) in [6.45, 7) is 0. The molecule has 2 heteroatoms. The van der Waals surface area contributed by atoms with Crippen LogP contribution < -0.4 is 5.73 Å². The van der Waals surface area contributed by atoms with Crippen LogP contribution in [0.1, 0.15) is 37.3 Å². The molecule has 1 aliphatic carbocycles. The molecule has 0 saturated carbocycles. The normalized spacial score (nSPS) is 18.4. The summed E-state index contributed by atoms with van der Waals surface area (Å²) in [6, 6.07) is 7.88. The van der Waals surface area contributed by atoms with Crippen molar-refractivity contribution in [1.82, 2.24) is 0 Å². The van der Waals surface area contributed by atoms with Crippen molar-refractivity contribution in [2.24, 2.45) is 5.73 Å². The lowest BCUT2D eigenvalue weighted by atomic mass is 9.90. The largest absolute Gasteiger partial charge is 0.321 e. The van der Waals surface area contributed by atoms with Gasteiger partial charge in [0.25, 0.3) is 0 Å². The van der Waals surface area contributed by atoms with Crippen molar-refractivity contribution < 1.29 is 0 Å². The molecular weight excluding hydrogens is 206 g/mol. The number of rotatable bonds is 2. The lowest BCUT2D eigenvalue weighted by Crippen LogP contribution is -2.14. The molecule has 2 N–H and O–H groups in total. The molecule has 0 fully saturated rings. The zero-order chi connectivity index (χ0) is 10.7. The van der Waals surface area contributed by atoms with Crippen molar-refractivity contribution in [1.29, 1.82) is 0 Å². The Kier molecular flexibility index (Phi) is 3.45. The number of hydrogen-bond donors (Lipinski definition) is 1. The Labute approximate surface area is 95.9 Å². The van der Waals surface area contributed by atoms with Gasteiger partial charge in [0.15, 0.2) is 0 Å². The lowest BCUT2D eigenvalue weighted by Gasteiger charge is -2.20. The van der Waals surface area contributed by atoms with Crippen molar-refractivity contribution in [2.45, 2.75) is 31.7 Å². The minimum atomic E-state index is 0.0315. The third-order valence-corrected chi connectivity index (χ3v) is 3.17. The van der Waals surface area contributed by atoms with E-state index in [0.29, 0.717) is 0 Å². The Hall–Kier alpha value is -0.790. The predicted octanol–water partition coefficient (Wildman–Crippen LogP) is 3.84. The van der Waals surface area contributed by atoms with Gasteiger partial charge < -0.3 is 5.73 Å². The van der Waals surface area contributed by atoms with Gasteiger partial charge in [-0.1, -0.05) is 35.4 Å². The van der Waals surface area contributed by atoms with Crippen molar-refractivity contribution in [3.63, 3.8) is 0 Å². The first-order valence-electron chi connectivity index (χ1n) is 5.47. The molecule has 15 heavy (non-hydrogen) atoms. The van der Waals surface area contributed by atoms with Crippen LogP contribution >= 0.6 is 11.6 Å². The number of allylic oxidation sites excluding steroid dienone is 1. The van der Waals surface area contributed by atoms with E-state index in [2.05, 4.69) is 6.08 Å². The van der Waals surface area contributed by atoms with Gasteiger partial charge >= 0.3 is 0 Å². The van der Waals surface area contributed by atoms with Gasteiger partial charge in [-0.05, 0) is 43.4 Å². The summed E-state index contributed by atoms with van der Waals surface area (Å²) < 4.78 is 0. The molecule has 0 amide bonds. The van der Waals surface area contributed by atoms with Gasteiger partial charge in [0.2, 0.25) is 0 Å². The first-order valence-corrected chi connectivity index (χ1v) is 5.85. The first-order chi connectivity index (χ1) is 7.27. The van der Waals surface area contributed by atoms with Crippen LogP contribution in [0.4, 0.5) is 0 Å². The van der Waals surface area contributed by atoms with Crippen molar-refractivity contribution in [2.75, 3.05) is 0 Å². The van der Waals surface area contributed by atoms with E-state index in [1.54, 1.807) is 0 Å². The number of nitrogens with two attached hydrogens (primary N) is 1. The second kappa shape index (κ2) is 4.82. The topological polar surface area (TPSA) is 26.0 Å². The molecule has 1 atom stereocenters. The monoisotopic (exact) mass is 221 g/mol. The SMILES string of the molecule is NC(C1=CCCCC1)c1cccc(Cl)c1. The molecule has 0 saturated heterocycles. The molecule has 1 nitrogen and oxygen atoms in total. The van der Waals surface area contributed by atoms with E-state index in [1.807, 2.05) is 24.3 Å². The second-order valence-electron chi connectivity index (χ2n) is 4.06. The zero-order valence-corrected chi connectivity index (χ0v) is 9.50. The van der Waals surface area contributed by atoms with Gasteiger partial charge in [-0.3, -0.25) is 0 Å². The summed E-state index contributed by atoms with van der Waals surface area (Å²) in [7, 11) is 0. The highest BCUT2D eigenvalue weighted by Crippen LogP contribution is 2.28. The van der Waals surface area contributed by atoms with Crippen LogP contribution in [0.5, 0.6) is 0 Å². The smallest absolute Gasteiger partial charge is 0.0511 e. The minimum Gasteiger partial charge on any atom is -0.321 e. The summed E-state index contributed by atoms with van der Waals surface area (Å²) in [6.07, 6.45) is 7.15. The molecule has 1 aliphatic rings. The molecule has 0 aliphatic heterocycles. The average molecular weight is 222 g/mol. The number of halogens is 1. The molecular formula is C13H16ClN. The number of hydrogen-bond acceptors (Lipinski definition) is 1. The lowest BCUT2D eigenvalue weighted by molar-refractivity contribution is 0.648. The van der Waals surface area contributed by atoms with Crippen LogP contribution in [0.2, 0.25) is 5.02 Å². The maximum absolute atomic E-state index is 6.21. The average Bonchev–Trinajstić information content (AvgIpc) is 2.29. The summed E-state index contributed by atoms with van der Waals surface area (Å²) in [4.78, 5) is 0. The Balaban J connectivity index is 2.19. The van der Waals surface area contributed by atoms with Crippen LogP contribution in [-0.2, 0) is 0 Å². The van der Waals surface area contributed by atoms with Gasteiger partial charge in [0.1, 0.15) is 0 Å². The van der Waals surface area contributed by atoms with Crippen molar-refractivity contribution in [3.8, 4) is 0 Å². The van der Waals surface area contributed by atoms with E-state index in [-0.39, 0.29) is 6.04 Å². The Morgan fingerprint density at radius 3 is 2.80 bits per heavy atom. The maximum Gasteiger partial charge on any atom is 0.0511 e. The highest BCUT2D eigenvalue weighted by molar-refractivity contribution is 6.30. The zero-order valence-electron chi connectivity index (χ0n) is 8.75. The van der Waals surface area contributed by atoms with Crippen molar-refractivity contribution in [3.05, 3.63) is 46.5 Å². The van der Waals surface area contributed by atoms with Gasteiger partial charge in [0.05, 0.1) is 6.04 Å². The Morgan fingerprint density at radius 2 is 2.13 bits per heavy atom. The summed E-state index contributed by atoms with van der Waals surface area (Å²) in [5.74, 6) is 0.